The summed E-state index contributed by atoms with van der Waals surface area (Å²) in [7, 11) is 3.64. The molecule has 0 aliphatic rings. The maximum Gasteiger partial charge on any atom is 0.162 e. The Balaban J connectivity index is 3.44. The van der Waals surface area contributed by atoms with Crippen LogP contribution in [0.3, 0.4) is 0 Å². The molecule has 1 N–H and O–H groups in total. The smallest absolute Gasteiger partial charge is 0.162 e. The van der Waals surface area contributed by atoms with Crippen molar-refractivity contribution in [2.24, 2.45) is 0 Å². The van der Waals surface area contributed by atoms with E-state index in [1.807, 2.05) is 14.0 Å². The quantitative estimate of drug-likeness (QED) is 0.853. The molecule has 0 aliphatic carbocycles. The molecule has 1 heterocycles. The molecular formula is C15H27N3O. The fourth-order valence-corrected chi connectivity index (χ4v) is 2.61. The van der Waals surface area contributed by atoms with E-state index in [9.17, 15) is 0 Å². The number of aromatic nitrogens is 2. The molecule has 0 saturated carbocycles. The first-order valence-electron chi connectivity index (χ1n) is 7.07. The molecule has 0 spiro atoms. The minimum atomic E-state index is -0.383. The molecule has 0 amide bonds. The van der Waals surface area contributed by atoms with Gasteiger partial charge in [-0.25, -0.2) is 9.97 Å². The van der Waals surface area contributed by atoms with Crippen molar-refractivity contribution in [1.82, 2.24) is 9.97 Å². The molecule has 108 valence electrons. The maximum atomic E-state index is 5.72. The van der Waals surface area contributed by atoms with Crippen LogP contribution in [0, 0.1) is 6.92 Å². The molecule has 0 aromatic carbocycles. The minimum absolute atomic E-state index is 0.383. The molecule has 0 saturated heterocycles. The summed E-state index contributed by atoms with van der Waals surface area (Å²) in [5, 5.41) is 3.20. The SMILES string of the molecule is CCC(CC)(OC)c1nc(C)c(C(C)C)c(NC)n1. The molecular weight excluding hydrogens is 238 g/mol. The lowest BCUT2D eigenvalue weighted by Gasteiger charge is -2.30. The highest BCUT2D eigenvalue weighted by atomic mass is 16.5. The topological polar surface area (TPSA) is 47.0 Å². The van der Waals surface area contributed by atoms with Crippen molar-refractivity contribution in [1.29, 1.82) is 0 Å². The molecule has 4 heteroatoms. The van der Waals surface area contributed by atoms with Gasteiger partial charge in [0.05, 0.1) is 0 Å². The first-order valence-corrected chi connectivity index (χ1v) is 7.07. The van der Waals surface area contributed by atoms with Crippen LogP contribution >= 0.6 is 0 Å². The van der Waals surface area contributed by atoms with E-state index in [4.69, 9.17) is 14.7 Å². The lowest BCUT2D eigenvalue weighted by atomic mass is 9.94. The summed E-state index contributed by atoms with van der Waals surface area (Å²) in [5.41, 5.74) is 1.84. The average Bonchev–Trinajstić information content (AvgIpc) is 2.40. The molecule has 0 unspecified atom stereocenters. The second kappa shape index (κ2) is 6.33. The van der Waals surface area contributed by atoms with E-state index >= 15 is 0 Å². The normalized spacial score (nSPS) is 12.0. The van der Waals surface area contributed by atoms with Crippen molar-refractivity contribution >= 4 is 5.82 Å². The molecule has 1 aromatic heterocycles. The maximum absolute atomic E-state index is 5.72. The van der Waals surface area contributed by atoms with Gasteiger partial charge in [-0.1, -0.05) is 27.7 Å². The molecule has 19 heavy (non-hydrogen) atoms. The molecule has 4 nitrogen and oxygen atoms in total. The zero-order chi connectivity index (χ0) is 14.6. The van der Waals surface area contributed by atoms with Gasteiger partial charge in [-0.15, -0.1) is 0 Å². The summed E-state index contributed by atoms with van der Waals surface area (Å²) in [5.74, 6) is 2.10. The lowest BCUT2D eigenvalue weighted by Crippen LogP contribution is -2.30. The van der Waals surface area contributed by atoms with E-state index in [0.717, 1.165) is 30.2 Å². The van der Waals surface area contributed by atoms with Crippen molar-refractivity contribution < 1.29 is 4.74 Å². The monoisotopic (exact) mass is 265 g/mol. The second-order valence-electron chi connectivity index (χ2n) is 5.21. The number of nitrogens with one attached hydrogen (secondary N) is 1. The van der Waals surface area contributed by atoms with E-state index in [1.54, 1.807) is 7.11 Å². The van der Waals surface area contributed by atoms with E-state index in [1.165, 1.54) is 5.56 Å². The Morgan fingerprint density at radius 3 is 2.16 bits per heavy atom. The molecule has 0 atom stereocenters. The van der Waals surface area contributed by atoms with Crippen LogP contribution in [-0.4, -0.2) is 24.1 Å². The lowest BCUT2D eigenvalue weighted by molar-refractivity contribution is -0.0292. The molecule has 0 fully saturated rings. The van der Waals surface area contributed by atoms with Crippen molar-refractivity contribution in [2.75, 3.05) is 19.5 Å². The van der Waals surface area contributed by atoms with Gasteiger partial charge in [0, 0.05) is 25.4 Å². The van der Waals surface area contributed by atoms with E-state index in [0.29, 0.717) is 5.92 Å². The first kappa shape index (κ1) is 15.9. The molecule has 1 rings (SSSR count). The summed E-state index contributed by atoms with van der Waals surface area (Å²) < 4.78 is 5.72. The predicted molar refractivity (Wildman–Crippen MR) is 79.7 cm³/mol. The number of ether oxygens (including phenoxy) is 1. The van der Waals surface area contributed by atoms with Gasteiger partial charge in [0.2, 0.25) is 0 Å². The van der Waals surface area contributed by atoms with E-state index in [2.05, 4.69) is 33.0 Å². The number of hydrogen-bond donors (Lipinski definition) is 1. The number of anilines is 1. The number of aryl methyl sites for hydroxylation is 1. The first-order chi connectivity index (χ1) is 8.95. The Morgan fingerprint density at radius 1 is 1.21 bits per heavy atom. The van der Waals surface area contributed by atoms with Gasteiger partial charge >= 0.3 is 0 Å². The number of hydrogen-bond acceptors (Lipinski definition) is 4. The number of methoxy groups -OCH3 is 1. The van der Waals surface area contributed by atoms with Crippen LogP contribution in [0.1, 0.15) is 63.5 Å². The zero-order valence-electron chi connectivity index (χ0n) is 13.3. The average molecular weight is 265 g/mol. The Labute approximate surface area is 117 Å². The third-order valence-corrected chi connectivity index (χ3v) is 3.89. The summed E-state index contributed by atoms with van der Waals surface area (Å²) >= 11 is 0. The van der Waals surface area contributed by atoms with Crippen molar-refractivity contribution in [3.8, 4) is 0 Å². The van der Waals surface area contributed by atoms with Crippen LogP contribution in [0.25, 0.3) is 0 Å². The largest absolute Gasteiger partial charge is 0.373 e. The van der Waals surface area contributed by atoms with Gasteiger partial charge in [-0.2, -0.15) is 0 Å². The third-order valence-electron chi connectivity index (χ3n) is 3.89. The minimum Gasteiger partial charge on any atom is -0.373 e. The van der Waals surface area contributed by atoms with Crippen LogP contribution in [0.15, 0.2) is 0 Å². The molecule has 0 bridgehead atoms. The number of nitrogens with zero attached hydrogens (tertiary/aromatic N) is 2. The van der Waals surface area contributed by atoms with Gasteiger partial charge in [0.25, 0.3) is 0 Å². The molecule has 0 aliphatic heterocycles. The fourth-order valence-electron chi connectivity index (χ4n) is 2.61. The number of rotatable bonds is 6. The highest BCUT2D eigenvalue weighted by Crippen LogP contribution is 2.33. The summed E-state index contributed by atoms with van der Waals surface area (Å²) in [6.45, 7) is 10.6. The van der Waals surface area contributed by atoms with Crippen LogP contribution in [0.4, 0.5) is 5.82 Å². The molecule has 0 radical (unpaired) electrons. The Morgan fingerprint density at radius 2 is 1.79 bits per heavy atom. The summed E-state index contributed by atoms with van der Waals surface area (Å²) in [6.07, 6.45) is 1.73. The van der Waals surface area contributed by atoms with Crippen LogP contribution in [0.2, 0.25) is 0 Å². The van der Waals surface area contributed by atoms with Crippen LogP contribution < -0.4 is 5.32 Å². The van der Waals surface area contributed by atoms with Gasteiger partial charge in [-0.05, 0) is 25.7 Å². The van der Waals surface area contributed by atoms with Crippen molar-refractivity contribution in [2.45, 2.75) is 59.0 Å². The second-order valence-corrected chi connectivity index (χ2v) is 5.21. The van der Waals surface area contributed by atoms with Gasteiger partial charge in [0.15, 0.2) is 5.82 Å². The summed E-state index contributed by atoms with van der Waals surface area (Å²) in [6, 6.07) is 0. The van der Waals surface area contributed by atoms with Crippen LogP contribution in [-0.2, 0) is 10.3 Å². The van der Waals surface area contributed by atoms with Crippen molar-refractivity contribution in [3.63, 3.8) is 0 Å². The van der Waals surface area contributed by atoms with Gasteiger partial charge in [-0.3, -0.25) is 0 Å². The van der Waals surface area contributed by atoms with Gasteiger partial charge in [0.1, 0.15) is 11.4 Å². The highest BCUT2D eigenvalue weighted by Gasteiger charge is 2.32. The Kier molecular flexibility index (Phi) is 5.29. The third kappa shape index (κ3) is 2.89. The van der Waals surface area contributed by atoms with Crippen molar-refractivity contribution in [3.05, 3.63) is 17.1 Å². The van der Waals surface area contributed by atoms with E-state index < -0.39 is 0 Å². The summed E-state index contributed by atoms with van der Waals surface area (Å²) in [4.78, 5) is 9.42. The standard InChI is InChI=1S/C15H27N3O/c1-8-15(9-2,19-7)14-17-11(5)12(10(3)4)13(16-6)18-14/h10H,8-9H2,1-7H3,(H,16,17,18). The molecule has 1 aromatic rings. The highest BCUT2D eigenvalue weighted by molar-refractivity contribution is 5.48. The van der Waals surface area contributed by atoms with E-state index in [-0.39, 0.29) is 5.60 Å². The van der Waals surface area contributed by atoms with Gasteiger partial charge < -0.3 is 10.1 Å². The Hall–Kier alpha value is -1.16. The fraction of sp³-hybridized carbons (Fsp3) is 0.733. The predicted octanol–water partition coefficient (Wildman–Crippen LogP) is 3.61. The zero-order valence-corrected chi connectivity index (χ0v) is 13.3. The van der Waals surface area contributed by atoms with Crippen LogP contribution in [0.5, 0.6) is 0 Å². The Bertz CT molecular complexity index is 417.